The number of likely N-dealkylation sites (tertiary alicyclic amines) is 1. The van der Waals surface area contributed by atoms with E-state index < -0.39 is 5.60 Å². The van der Waals surface area contributed by atoms with Gasteiger partial charge in [0.2, 0.25) is 0 Å². The number of aryl methyl sites for hydroxylation is 1. The second-order valence-electron chi connectivity index (χ2n) is 8.52. The van der Waals surface area contributed by atoms with Crippen LogP contribution in [0.5, 0.6) is 0 Å². The summed E-state index contributed by atoms with van der Waals surface area (Å²) in [5.74, 6) is -0.270. The van der Waals surface area contributed by atoms with Crippen LogP contribution in [0, 0.1) is 6.92 Å². The van der Waals surface area contributed by atoms with E-state index in [9.17, 15) is 14.4 Å². The molecule has 0 saturated carbocycles. The molecule has 3 rings (SSSR count). The molecule has 2 aromatic rings. The number of carbonyl (C=O) groups is 2. The van der Waals surface area contributed by atoms with Crippen molar-refractivity contribution >= 4 is 34.7 Å². The monoisotopic (exact) mass is 432 g/mol. The Kier molecular flexibility index (Phi) is 6.21. The van der Waals surface area contributed by atoms with Gasteiger partial charge in [-0.15, -0.1) is 0 Å². The summed E-state index contributed by atoms with van der Waals surface area (Å²) in [5.41, 5.74) is 0.446. The Hall–Kier alpha value is -2.42. The number of aromatic nitrogens is 3. The average molecular weight is 433 g/mol. The Morgan fingerprint density at radius 2 is 1.87 bits per heavy atom. The van der Waals surface area contributed by atoms with E-state index in [0.717, 1.165) is 0 Å². The van der Waals surface area contributed by atoms with Crippen molar-refractivity contribution in [3.8, 4) is 0 Å². The number of ether oxygens (including phenoxy) is 1. The SMILES string of the molecule is CSc1ncc2c(C)c(C(C)=O)c(=O)n(C3CCN(C(=O)OC(C)(C)C)CC3)c2n1. The van der Waals surface area contributed by atoms with Gasteiger partial charge in [0, 0.05) is 30.7 Å². The number of rotatable bonds is 3. The van der Waals surface area contributed by atoms with E-state index in [2.05, 4.69) is 9.97 Å². The highest BCUT2D eigenvalue weighted by Crippen LogP contribution is 2.28. The molecule has 9 heteroatoms. The Morgan fingerprint density at radius 3 is 2.40 bits per heavy atom. The summed E-state index contributed by atoms with van der Waals surface area (Å²) in [5, 5.41) is 1.27. The average Bonchev–Trinajstić information content (AvgIpc) is 2.66. The van der Waals surface area contributed by atoms with Crippen molar-refractivity contribution in [1.29, 1.82) is 0 Å². The van der Waals surface area contributed by atoms with Crippen LogP contribution in [-0.2, 0) is 4.74 Å². The molecular formula is C21H28N4O4S. The van der Waals surface area contributed by atoms with Crippen molar-refractivity contribution in [1.82, 2.24) is 19.4 Å². The number of fused-ring (bicyclic) bond motifs is 1. The smallest absolute Gasteiger partial charge is 0.410 e. The highest BCUT2D eigenvalue weighted by atomic mass is 32.2. The Morgan fingerprint density at radius 1 is 1.23 bits per heavy atom. The molecule has 0 atom stereocenters. The summed E-state index contributed by atoms with van der Waals surface area (Å²) < 4.78 is 7.09. The lowest BCUT2D eigenvalue weighted by Crippen LogP contribution is -2.43. The fraction of sp³-hybridized carbons (Fsp3) is 0.571. The molecule has 0 aliphatic carbocycles. The third-order valence-electron chi connectivity index (χ3n) is 5.20. The van der Waals surface area contributed by atoms with E-state index in [-0.39, 0.29) is 29.0 Å². The zero-order chi connectivity index (χ0) is 22.2. The number of carbonyl (C=O) groups excluding carboxylic acids is 2. The summed E-state index contributed by atoms with van der Waals surface area (Å²) in [6.45, 7) is 9.61. The van der Waals surface area contributed by atoms with Crippen LogP contribution in [0.2, 0.25) is 0 Å². The lowest BCUT2D eigenvalue weighted by Gasteiger charge is -2.34. The van der Waals surface area contributed by atoms with Gasteiger partial charge < -0.3 is 9.64 Å². The standard InChI is InChI=1S/C21H28N4O4S/c1-12-15-11-22-19(30-6)23-17(15)25(18(27)16(12)13(2)26)14-7-9-24(10-8-14)20(28)29-21(3,4)5/h11,14H,7-10H2,1-6H3. The maximum absolute atomic E-state index is 13.3. The van der Waals surface area contributed by atoms with Crippen LogP contribution < -0.4 is 5.56 Å². The first-order valence-corrected chi connectivity index (χ1v) is 11.2. The summed E-state index contributed by atoms with van der Waals surface area (Å²) in [6.07, 6.45) is 4.36. The number of piperidine rings is 1. The number of nitrogens with zero attached hydrogens (tertiary/aromatic N) is 4. The minimum absolute atomic E-state index is 0.165. The Bertz CT molecular complexity index is 1050. The van der Waals surface area contributed by atoms with Gasteiger partial charge in [-0.3, -0.25) is 14.2 Å². The molecule has 0 bridgehead atoms. The predicted octanol–water partition coefficient (Wildman–Crippen LogP) is 3.60. The first kappa shape index (κ1) is 22.3. The molecule has 8 nitrogen and oxygen atoms in total. The van der Waals surface area contributed by atoms with Gasteiger partial charge in [-0.1, -0.05) is 11.8 Å². The maximum atomic E-state index is 13.3. The molecule has 2 aromatic heterocycles. The third-order valence-corrected chi connectivity index (χ3v) is 5.76. The van der Waals surface area contributed by atoms with E-state index in [1.54, 1.807) is 22.6 Å². The summed E-state index contributed by atoms with van der Waals surface area (Å²) >= 11 is 1.40. The predicted molar refractivity (Wildman–Crippen MR) is 116 cm³/mol. The van der Waals surface area contributed by atoms with Gasteiger partial charge in [0.25, 0.3) is 5.56 Å². The summed E-state index contributed by atoms with van der Waals surface area (Å²) in [4.78, 5) is 48.5. The zero-order valence-corrected chi connectivity index (χ0v) is 19.1. The van der Waals surface area contributed by atoms with Gasteiger partial charge in [0.15, 0.2) is 10.9 Å². The summed E-state index contributed by atoms with van der Waals surface area (Å²) in [6, 6.07) is -0.165. The van der Waals surface area contributed by atoms with E-state index in [4.69, 9.17) is 4.74 Å². The minimum atomic E-state index is -0.556. The molecular weight excluding hydrogens is 404 g/mol. The van der Waals surface area contributed by atoms with Gasteiger partial charge in [0.1, 0.15) is 11.2 Å². The summed E-state index contributed by atoms with van der Waals surface area (Å²) in [7, 11) is 0. The molecule has 1 amide bonds. The van der Waals surface area contributed by atoms with Crippen LogP contribution in [0.1, 0.15) is 62.5 Å². The molecule has 0 radical (unpaired) electrons. The fourth-order valence-electron chi connectivity index (χ4n) is 3.80. The van der Waals surface area contributed by atoms with Gasteiger partial charge in [-0.05, 0) is 59.3 Å². The molecule has 1 fully saturated rings. The van der Waals surface area contributed by atoms with Crippen LogP contribution in [0.15, 0.2) is 16.1 Å². The normalized spacial score (nSPS) is 15.5. The lowest BCUT2D eigenvalue weighted by atomic mass is 10.0. The molecule has 3 heterocycles. The largest absolute Gasteiger partial charge is 0.444 e. The lowest BCUT2D eigenvalue weighted by molar-refractivity contribution is 0.0188. The Labute approximate surface area is 180 Å². The first-order valence-electron chi connectivity index (χ1n) is 9.98. The van der Waals surface area contributed by atoms with Crippen LogP contribution in [-0.4, -0.2) is 56.3 Å². The third kappa shape index (κ3) is 4.35. The molecule has 0 spiro atoms. The van der Waals surface area contributed by atoms with Gasteiger partial charge in [-0.25, -0.2) is 14.8 Å². The van der Waals surface area contributed by atoms with E-state index in [0.29, 0.717) is 47.7 Å². The number of ketones is 1. The number of pyridine rings is 1. The van der Waals surface area contributed by atoms with Crippen molar-refractivity contribution in [2.75, 3.05) is 19.3 Å². The molecule has 0 N–H and O–H groups in total. The zero-order valence-electron chi connectivity index (χ0n) is 18.3. The topological polar surface area (TPSA) is 94.4 Å². The molecule has 30 heavy (non-hydrogen) atoms. The van der Waals surface area contributed by atoms with Gasteiger partial charge in [0.05, 0.1) is 5.56 Å². The molecule has 1 aliphatic rings. The van der Waals surface area contributed by atoms with Crippen molar-refractivity contribution in [3.05, 3.63) is 27.7 Å². The van der Waals surface area contributed by atoms with Crippen LogP contribution >= 0.6 is 11.8 Å². The van der Waals surface area contributed by atoms with Crippen molar-refractivity contribution in [2.45, 2.75) is 64.3 Å². The van der Waals surface area contributed by atoms with Crippen LogP contribution in [0.25, 0.3) is 11.0 Å². The van der Waals surface area contributed by atoms with Crippen molar-refractivity contribution in [3.63, 3.8) is 0 Å². The second-order valence-corrected chi connectivity index (χ2v) is 9.30. The quantitative estimate of drug-likeness (QED) is 0.415. The highest BCUT2D eigenvalue weighted by Gasteiger charge is 2.30. The number of amides is 1. The minimum Gasteiger partial charge on any atom is -0.444 e. The van der Waals surface area contributed by atoms with E-state index in [1.807, 2.05) is 27.0 Å². The fourth-order valence-corrected chi connectivity index (χ4v) is 4.14. The van der Waals surface area contributed by atoms with Crippen LogP contribution in [0.4, 0.5) is 4.79 Å². The van der Waals surface area contributed by atoms with Gasteiger partial charge in [-0.2, -0.15) is 0 Å². The molecule has 1 aliphatic heterocycles. The second kappa shape index (κ2) is 8.37. The highest BCUT2D eigenvalue weighted by molar-refractivity contribution is 7.98. The molecule has 1 saturated heterocycles. The van der Waals surface area contributed by atoms with Crippen LogP contribution in [0.3, 0.4) is 0 Å². The van der Waals surface area contributed by atoms with Crippen molar-refractivity contribution in [2.24, 2.45) is 0 Å². The van der Waals surface area contributed by atoms with E-state index >= 15 is 0 Å². The number of hydrogen-bond donors (Lipinski definition) is 0. The number of Topliss-reactive ketones (excluding diaryl/α,β-unsaturated/α-hetero) is 1. The number of thioether (sulfide) groups is 1. The molecule has 0 aromatic carbocycles. The van der Waals surface area contributed by atoms with Gasteiger partial charge >= 0.3 is 6.09 Å². The first-order chi connectivity index (χ1) is 14.0. The molecule has 0 unspecified atom stereocenters. The maximum Gasteiger partial charge on any atom is 0.410 e. The van der Waals surface area contributed by atoms with Crippen molar-refractivity contribution < 1.29 is 14.3 Å². The molecule has 162 valence electrons. The van der Waals surface area contributed by atoms with E-state index in [1.165, 1.54) is 18.7 Å². The Balaban J connectivity index is 2.01. The number of hydrogen-bond acceptors (Lipinski definition) is 7.